The second kappa shape index (κ2) is 4.76. The molecule has 4 aliphatic rings. The molecular weight excluding hydrogens is 238 g/mol. The van der Waals surface area contributed by atoms with Crippen molar-refractivity contribution in [3.63, 3.8) is 0 Å². The standard InChI is InChI=1S/C16H27NO2/c1-9(2)17(3)15(16(18)19)14-12-5-10-4-11(7-12)8-13(14)6-10/h9-15H,4-8H2,1-3H3,(H,18,19). The summed E-state index contributed by atoms with van der Waals surface area (Å²) < 4.78 is 0. The van der Waals surface area contributed by atoms with E-state index in [-0.39, 0.29) is 6.04 Å². The van der Waals surface area contributed by atoms with Gasteiger partial charge in [-0.05, 0) is 82.6 Å². The van der Waals surface area contributed by atoms with E-state index < -0.39 is 5.97 Å². The minimum Gasteiger partial charge on any atom is -0.480 e. The second-order valence-electron chi connectivity index (χ2n) is 7.55. The first-order chi connectivity index (χ1) is 8.97. The molecule has 0 amide bonds. The van der Waals surface area contributed by atoms with Gasteiger partial charge in [0.1, 0.15) is 6.04 Å². The third-order valence-electron chi connectivity index (χ3n) is 6.17. The maximum absolute atomic E-state index is 11.8. The maximum atomic E-state index is 11.8. The van der Waals surface area contributed by atoms with Crippen molar-refractivity contribution < 1.29 is 9.90 Å². The summed E-state index contributed by atoms with van der Waals surface area (Å²) in [6.45, 7) is 4.21. The minimum atomic E-state index is -0.603. The molecule has 1 N–H and O–H groups in total. The van der Waals surface area contributed by atoms with Crippen molar-refractivity contribution in [2.45, 2.75) is 58.0 Å². The highest BCUT2D eigenvalue weighted by molar-refractivity contribution is 5.74. The summed E-state index contributed by atoms with van der Waals surface area (Å²) in [5.74, 6) is 2.98. The zero-order chi connectivity index (χ0) is 13.7. The van der Waals surface area contributed by atoms with E-state index in [4.69, 9.17) is 0 Å². The Bertz CT molecular complexity index is 338. The van der Waals surface area contributed by atoms with Gasteiger partial charge < -0.3 is 5.11 Å². The lowest BCUT2D eigenvalue weighted by molar-refractivity contribution is -0.154. The zero-order valence-electron chi connectivity index (χ0n) is 12.4. The highest BCUT2D eigenvalue weighted by Gasteiger charge is 2.53. The van der Waals surface area contributed by atoms with Gasteiger partial charge in [0.15, 0.2) is 0 Å². The van der Waals surface area contributed by atoms with E-state index in [1.165, 1.54) is 32.1 Å². The molecule has 1 atom stereocenters. The SMILES string of the molecule is CC(C)N(C)C(C(=O)O)C1C2CC3CC(C2)CC1C3. The molecule has 0 spiro atoms. The third kappa shape index (κ3) is 2.20. The normalized spacial score (nSPS) is 42.1. The first-order valence-corrected chi connectivity index (χ1v) is 7.92. The van der Waals surface area contributed by atoms with E-state index in [1.807, 2.05) is 7.05 Å². The van der Waals surface area contributed by atoms with Gasteiger partial charge in [-0.3, -0.25) is 9.69 Å². The molecule has 0 aromatic heterocycles. The van der Waals surface area contributed by atoms with Gasteiger partial charge in [-0.25, -0.2) is 0 Å². The molecule has 19 heavy (non-hydrogen) atoms. The van der Waals surface area contributed by atoms with Crippen molar-refractivity contribution in [1.82, 2.24) is 4.90 Å². The van der Waals surface area contributed by atoms with Crippen molar-refractivity contribution in [1.29, 1.82) is 0 Å². The number of hydrogen-bond acceptors (Lipinski definition) is 2. The zero-order valence-corrected chi connectivity index (χ0v) is 12.4. The molecule has 4 fully saturated rings. The fraction of sp³-hybridized carbons (Fsp3) is 0.938. The van der Waals surface area contributed by atoms with Crippen LogP contribution in [0.3, 0.4) is 0 Å². The number of aliphatic carboxylic acids is 1. The summed E-state index contributed by atoms with van der Waals surface area (Å²) in [4.78, 5) is 13.9. The molecule has 0 radical (unpaired) electrons. The largest absolute Gasteiger partial charge is 0.480 e. The van der Waals surface area contributed by atoms with Crippen molar-refractivity contribution in [2.24, 2.45) is 29.6 Å². The topological polar surface area (TPSA) is 40.5 Å². The van der Waals surface area contributed by atoms with Crippen LogP contribution in [0.25, 0.3) is 0 Å². The van der Waals surface area contributed by atoms with Gasteiger partial charge >= 0.3 is 5.97 Å². The Hall–Kier alpha value is -0.570. The van der Waals surface area contributed by atoms with E-state index in [0.717, 1.165) is 11.8 Å². The lowest BCUT2D eigenvalue weighted by atomic mass is 9.50. The monoisotopic (exact) mass is 265 g/mol. The Morgan fingerprint density at radius 2 is 1.53 bits per heavy atom. The van der Waals surface area contributed by atoms with Gasteiger partial charge in [0.25, 0.3) is 0 Å². The van der Waals surface area contributed by atoms with Gasteiger partial charge in [-0.2, -0.15) is 0 Å². The highest BCUT2D eigenvalue weighted by atomic mass is 16.4. The summed E-state index contributed by atoms with van der Waals surface area (Å²) in [6.07, 6.45) is 6.62. The molecule has 4 aliphatic carbocycles. The van der Waals surface area contributed by atoms with E-state index in [9.17, 15) is 9.90 Å². The van der Waals surface area contributed by atoms with Crippen molar-refractivity contribution in [2.75, 3.05) is 7.05 Å². The molecule has 0 aromatic carbocycles. The summed E-state index contributed by atoms with van der Waals surface area (Å²) in [7, 11) is 1.99. The summed E-state index contributed by atoms with van der Waals surface area (Å²) >= 11 is 0. The number of carboxylic acids is 1. The van der Waals surface area contributed by atoms with Crippen LogP contribution in [0.2, 0.25) is 0 Å². The lowest BCUT2D eigenvalue weighted by Gasteiger charge is -2.57. The fourth-order valence-corrected chi connectivity index (χ4v) is 5.41. The average molecular weight is 265 g/mol. The van der Waals surface area contributed by atoms with Gasteiger partial charge in [0.2, 0.25) is 0 Å². The molecule has 3 nitrogen and oxygen atoms in total. The van der Waals surface area contributed by atoms with Crippen LogP contribution in [0, 0.1) is 29.6 Å². The predicted molar refractivity (Wildman–Crippen MR) is 74.9 cm³/mol. The van der Waals surface area contributed by atoms with E-state index >= 15 is 0 Å². The van der Waals surface area contributed by atoms with Crippen LogP contribution in [-0.2, 0) is 4.79 Å². The average Bonchev–Trinajstić information content (AvgIpc) is 2.31. The molecule has 0 aromatic rings. The molecule has 108 valence electrons. The van der Waals surface area contributed by atoms with Gasteiger partial charge in [-0.1, -0.05) is 0 Å². The van der Waals surface area contributed by atoms with E-state index in [1.54, 1.807) is 0 Å². The van der Waals surface area contributed by atoms with Crippen LogP contribution in [0.4, 0.5) is 0 Å². The quantitative estimate of drug-likeness (QED) is 0.849. The summed E-state index contributed by atoms with van der Waals surface area (Å²) in [5, 5.41) is 9.74. The first kappa shape index (κ1) is 13.4. The van der Waals surface area contributed by atoms with Crippen molar-refractivity contribution in [3.8, 4) is 0 Å². The van der Waals surface area contributed by atoms with Gasteiger partial charge in [-0.15, -0.1) is 0 Å². The Morgan fingerprint density at radius 1 is 1.05 bits per heavy atom. The molecular formula is C16H27NO2. The van der Waals surface area contributed by atoms with Crippen LogP contribution in [0.1, 0.15) is 46.0 Å². The van der Waals surface area contributed by atoms with E-state index in [0.29, 0.717) is 23.8 Å². The Balaban J connectivity index is 1.84. The third-order valence-corrected chi connectivity index (χ3v) is 6.17. The fourth-order valence-electron chi connectivity index (χ4n) is 5.41. The molecule has 0 saturated heterocycles. The van der Waals surface area contributed by atoms with Gasteiger partial charge in [0.05, 0.1) is 0 Å². The van der Waals surface area contributed by atoms with E-state index in [2.05, 4.69) is 18.7 Å². The summed E-state index contributed by atoms with van der Waals surface area (Å²) in [6, 6.07) is 0.0355. The number of likely N-dealkylation sites (N-methyl/N-ethyl adjacent to an activating group) is 1. The van der Waals surface area contributed by atoms with Crippen molar-refractivity contribution in [3.05, 3.63) is 0 Å². The molecule has 4 rings (SSSR count). The molecule has 0 aliphatic heterocycles. The lowest BCUT2D eigenvalue weighted by Crippen LogP contribution is -2.57. The number of hydrogen-bond donors (Lipinski definition) is 1. The smallest absolute Gasteiger partial charge is 0.321 e. The molecule has 1 unspecified atom stereocenters. The minimum absolute atomic E-state index is 0.269. The number of carboxylic acid groups (broad SMARTS) is 1. The predicted octanol–water partition coefficient (Wildman–Crippen LogP) is 2.85. The van der Waals surface area contributed by atoms with Crippen LogP contribution < -0.4 is 0 Å². The molecule has 4 saturated carbocycles. The molecule has 0 heterocycles. The Kier molecular flexibility index (Phi) is 3.36. The maximum Gasteiger partial charge on any atom is 0.321 e. The molecule has 4 bridgehead atoms. The number of carbonyl (C=O) groups is 1. The summed E-state index contributed by atoms with van der Waals surface area (Å²) in [5.41, 5.74) is 0. The van der Waals surface area contributed by atoms with Gasteiger partial charge in [0, 0.05) is 6.04 Å². The van der Waals surface area contributed by atoms with Crippen LogP contribution in [0.5, 0.6) is 0 Å². The Morgan fingerprint density at radius 3 is 1.89 bits per heavy atom. The second-order valence-corrected chi connectivity index (χ2v) is 7.55. The van der Waals surface area contributed by atoms with Crippen LogP contribution in [-0.4, -0.2) is 35.1 Å². The first-order valence-electron chi connectivity index (χ1n) is 7.92. The Labute approximate surface area is 116 Å². The number of nitrogens with zero attached hydrogens (tertiary/aromatic N) is 1. The van der Waals surface area contributed by atoms with Crippen molar-refractivity contribution >= 4 is 5.97 Å². The van der Waals surface area contributed by atoms with Crippen LogP contribution in [0.15, 0.2) is 0 Å². The number of rotatable bonds is 4. The van der Waals surface area contributed by atoms with Crippen LogP contribution >= 0.6 is 0 Å². The molecule has 3 heteroatoms. The highest BCUT2D eigenvalue weighted by Crippen LogP contribution is 2.57.